The number of nitrogens with one attached hydrogen (secondary N) is 3. The van der Waals surface area contributed by atoms with Gasteiger partial charge in [0.2, 0.25) is 0 Å². The van der Waals surface area contributed by atoms with Crippen LogP contribution in [0.15, 0.2) is 30.3 Å². The minimum atomic E-state index is -4.00. The van der Waals surface area contributed by atoms with Crippen LogP contribution in [0.5, 0.6) is 0 Å². The lowest BCUT2D eigenvalue weighted by Crippen LogP contribution is -2.31. The number of anilines is 3. The van der Waals surface area contributed by atoms with Crippen LogP contribution in [-0.2, 0) is 14.9 Å². The van der Waals surface area contributed by atoms with Gasteiger partial charge in [-0.05, 0) is 66.3 Å². The maximum absolute atomic E-state index is 14.4. The van der Waals surface area contributed by atoms with Crippen molar-refractivity contribution in [1.82, 2.24) is 4.72 Å². The molecule has 0 saturated carbocycles. The average Bonchev–Trinajstić information content (AvgIpc) is 2.62. The third-order valence-corrected chi connectivity index (χ3v) is 5.55. The van der Waals surface area contributed by atoms with Crippen molar-refractivity contribution in [3.63, 3.8) is 0 Å². The Kier molecular flexibility index (Phi) is 8.68. The zero-order valence-electron chi connectivity index (χ0n) is 14.9. The zero-order chi connectivity index (χ0) is 20.7. The molecule has 2 aromatic rings. The molecule has 0 aromatic heterocycles. The Bertz CT molecular complexity index is 932. The Morgan fingerprint density at radius 3 is 2.57 bits per heavy atom. The summed E-state index contributed by atoms with van der Waals surface area (Å²) < 4.78 is 63.0. The smallest absolute Gasteiger partial charge is 0.299 e. The molecule has 3 N–H and O–H groups in total. The third-order valence-electron chi connectivity index (χ3n) is 3.49. The van der Waals surface area contributed by atoms with Gasteiger partial charge >= 0.3 is 0 Å². The summed E-state index contributed by atoms with van der Waals surface area (Å²) in [7, 11) is -4.00. The second-order valence-electron chi connectivity index (χ2n) is 5.58. The van der Waals surface area contributed by atoms with E-state index in [1.54, 1.807) is 18.2 Å². The minimum absolute atomic E-state index is 0.130. The fourth-order valence-corrected chi connectivity index (χ4v) is 4.04. The first kappa shape index (κ1) is 23.1. The molecule has 0 amide bonds. The van der Waals surface area contributed by atoms with Crippen LogP contribution >= 0.6 is 34.2 Å². The van der Waals surface area contributed by atoms with E-state index >= 15 is 0 Å². The van der Waals surface area contributed by atoms with Crippen molar-refractivity contribution in [3.05, 3.63) is 50.6 Å². The van der Waals surface area contributed by atoms with Gasteiger partial charge in [-0.2, -0.15) is 13.1 Å². The van der Waals surface area contributed by atoms with Crippen LogP contribution in [-0.4, -0.2) is 28.2 Å². The second-order valence-corrected chi connectivity index (χ2v) is 8.74. The lowest BCUT2D eigenvalue weighted by molar-refractivity contribution is 0.146. The van der Waals surface area contributed by atoms with Gasteiger partial charge in [-0.25, -0.2) is 8.78 Å². The summed E-state index contributed by atoms with van der Waals surface area (Å²) in [4.78, 5) is 0. The van der Waals surface area contributed by atoms with E-state index in [0.717, 1.165) is 15.7 Å². The molecule has 0 bridgehead atoms. The Morgan fingerprint density at radius 1 is 1.18 bits per heavy atom. The first-order valence-electron chi connectivity index (χ1n) is 8.28. The largest absolute Gasteiger partial charge is 0.382 e. The summed E-state index contributed by atoms with van der Waals surface area (Å²) in [6, 6.07) is 6.89. The number of ether oxygens (including phenoxy) is 1. The molecule has 28 heavy (non-hydrogen) atoms. The molecule has 2 rings (SSSR count). The molecule has 0 fully saturated rings. The first-order valence-corrected chi connectivity index (χ1v) is 11.2. The number of hydrogen-bond donors (Lipinski definition) is 3. The number of rotatable bonds is 10. The molecule has 2 aromatic carbocycles. The first-order chi connectivity index (χ1) is 13.2. The van der Waals surface area contributed by atoms with Gasteiger partial charge in [-0.1, -0.05) is 11.6 Å². The lowest BCUT2D eigenvalue weighted by Gasteiger charge is -2.16. The molecule has 154 valence electrons. The molecule has 0 aliphatic rings. The molecule has 11 heteroatoms. The highest BCUT2D eigenvalue weighted by Gasteiger charge is 2.19. The van der Waals surface area contributed by atoms with Crippen LogP contribution < -0.4 is 14.8 Å². The molecule has 6 nitrogen and oxygen atoms in total. The molecule has 0 aliphatic carbocycles. The van der Waals surface area contributed by atoms with Crippen LogP contribution in [0.25, 0.3) is 0 Å². The maximum Gasteiger partial charge on any atom is 0.299 e. The average molecular weight is 546 g/mol. The van der Waals surface area contributed by atoms with Gasteiger partial charge in [-0.15, -0.1) is 0 Å². The number of benzene rings is 2. The summed E-state index contributed by atoms with van der Waals surface area (Å²) in [5.41, 5.74) is -0.231. The van der Waals surface area contributed by atoms with Gasteiger partial charge in [0.1, 0.15) is 5.69 Å². The van der Waals surface area contributed by atoms with Crippen LogP contribution in [0.2, 0.25) is 5.02 Å². The van der Waals surface area contributed by atoms with Crippen molar-refractivity contribution in [3.8, 4) is 0 Å². The molecule has 0 unspecified atom stereocenters. The summed E-state index contributed by atoms with van der Waals surface area (Å²) in [6.45, 7) is 2.91. The Balaban J connectivity index is 2.21. The summed E-state index contributed by atoms with van der Waals surface area (Å²) >= 11 is 8.18. The predicted octanol–water partition coefficient (Wildman–Crippen LogP) is 4.64. The standard InChI is InChI=1S/C17H19ClF2IN3O3S/c1-2-27-9-3-8-22-28(25,26)24-15-7-5-13(19)16(20)17(15)23-14-6-4-11(21)10-12(14)18/h4-7,10,22-24H,2-3,8-9H2,1H3. The van der Waals surface area contributed by atoms with Crippen LogP contribution in [0.4, 0.5) is 25.8 Å². The van der Waals surface area contributed by atoms with Gasteiger partial charge in [0, 0.05) is 23.3 Å². The topological polar surface area (TPSA) is 79.5 Å². The highest BCUT2D eigenvalue weighted by molar-refractivity contribution is 14.1. The lowest BCUT2D eigenvalue weighted by atomic mass is 10.2. The quantitative estimate of drug-likeness (QED) is 0.300. The van der Waals surface area contributed by atoms with Crippen molar-refractivity contribution < 1.29 is 21.9 Å². The molecule has 0 aliphatic heterocycles. The molecule has 0 atom stereocenters. The van der Waals surface area contributed by atoms with Crippen molar-refractivity contribution >= 4 is 61.5 Å². The normalized spacial score (nSPS) is 11.5. The second kappa shape index (κ2) is 10.5. The van der Waals surface area contributed by atoms with E-state index in [4.69, 9.17) is 16.3 Å². The fourth-order valence-electron chi connectivity index (χ4n) is 2.19. The molecule has 0 radical (unpaired) electrons. The van der Waals surface area contributed by atoms with Gasteiger partial charge < -0.3 is 10.1 Å². The van der Waals surface area contributed by atoms with Gasteiger partial charge in [0.25, 0.3) is 10.2 Å². The predicted molar refractivity (Wildman–Crippen MR) is 115 cm³/mol. The number of hydrogen-bond acceptors (Lipinski definition) is 4. The van der Waals surface area contributed by atoms with E-state index in [0.29, 0.717) is 25.3 Å². The van der Waals surface area contributed by atoms with Crippen LogP contribution in [0, 0.1) is 15.2 Å². The SMILES string of the molecule is CCOCCCNS(=O)(=O)Nc1ccc(F)c(F)c1Nc1ccc(I)cc1Cl. The molecule has 0 heterocycles. The monoisotopic (exact) mass is 545 g/mol. The van der Waals surface area contributed by atoms with Crippen molar-refractivity contribution in [2.45, 2.75) is 13.3 Å². The van der Waals surface area contributed by atoms with E-state index in [-0.39, 0.29) is 22.9 Å². The van der Waals surface area contributed by atoms with Gasteiger partial charge in [0.15, 0.2) is 11.6 Å². The van der Waals surface area contributed by atoms with Crippen molar-refractivity contribution in [1.29, 1.82) is 0 Å². The van der Waals surface area contributed by atoms with E-state index in [9.17, 15) is 17.2 Å². The molecule has 0 saturated heterocycles. The van der Waals surface area contributed by atoms with E-state index in [1.165, 1.54) is 0 Å². The fraction of sp³-hybridized carbons (Fsp3) is 0.294. The Hall–Kier alpha value is -1.21. The minimum Gasteiger partial charge on any atom is -0.382 e. The Labute approximate surface area is 181 Å². The van der Waals surface area contributed by atoms with E-state index in [2.05, 4.69) is 37.4 Å². The zero-order valence-corrected chi connectivity index (χ0v) is 18.6. The molecule has 0 spiro atoms. The Morgan fingerprint density at radius 2 is 1.89 bits per heavy atom. The maximum atomic E-state index is 14.4. The summed E-state index contributed by atoms with van der Waals surface area (Å²) in [6.07, 6.45) is 0.468. The summed E-state index contributed by atoms with van der Waals surface area (Å²) in [5.74, 6) is -2.36. The molecular weight excluding hydrogens is 527 g/mol. The van der Waals surface area contributed by atoms with Gasteiger partial charge in [0.05, 0.1) is 16.4 Å². The highest BCUT2D eigenvalue weighted by atomic mass is 127. The van der Waals surface area contributed by atoms with E-state index < -0.39 is 21.8 Å². The van der Waals surface area contributed by atoms with Crippen molar-refractivity contribution in [2.75, 3.05) is 29.8 Å². The van der Waals surface area contributed by atoms with Crippen molar-refractivity contribution in [2.24, 2.45) is 0 Å². The van der Waals surface area contributed by atoms with E-state index in [1.807, 2.05) is 6.92 Å². The van der Waals surface area contributed by atoms with Crippen LogP contribution in [0.1, 0.15) is 13.3 Å². The van der Waals surface area contributed by atoms with Crippen LogP contribution in [0.3, 0.4) is 0 Å². The van der Waals surface area contributed by atoms with Gasteiger partial charge in [-0.3, -0.25) is 4.72 Å². The number of halogens is 4. The third kappa shape index (κ3) is 6.69. The summed E-state index contributed by atoms with van der Waals surface area (Å²) in [5, 5.41) is 2.94. The molecular formula is C17H19ClF2IN3O3S. The highest BCUT2D eigenvalue weighted by Crippen LogP contribution is 2.34.